The molecule has 0 saturated heterocycles. The van der Waals surface area contributed by atoms with Crippen LogP contribution < -0.4 is 0 Å². The lowest BCUT2D eigenvalue weighted by atomic mass is 9.44. The zero-order valence-corrected chi connectivity index (χ0v) is 19.6. The molecule has 0 aromatic rings. The van der Waals surface area contributed by atoms with Gasteiger partial charge >= 0.3 is 6.18 Å². The van der Waals surface area contributed by atoms with E-state index in [1.165, 1.54) is 38.5 Å². The largest absolute Gasteiger partial charge is 0.391 e. The fraction of sp³-hybridized carbons (Fsp3) is 1.00. The smallest absolute Gasteiger partial charge is 0.379 e. The minimum absolute atomic E-state index is 0.148. The third kappa shape index (κ3) is 3.97. The van der Waals surface area contributed by atoms with Crippen LogP contribution in [0.15, 0.2) is 0 Å². The molecule has 174 valence electrons. The lowest BCUT2D eigenvalue weighted by molar-refractivity contribution is -0.208. The maximum Gasteiger partial charge on any atom is 0.391 e. The number of rotatable bonds is 5. The van der Waals surface area contributed by atoms with Crippen molar-refractivity contribution in [2.75, 3.05) is 6.61 Å². The Labute approximate surface area is 181 Å². The van der Waals surface area contributed by atoms with Crippen LogP contribution in [0.2, 0.25) is 0 Å². The molecule has 30 heavy (non-hydrogen) atoms. The fourth-order valence-corrected chi connectivity index (χ4v) is 8.79. The molecule has 4 saturated carbocycles. The standard InChI is InChI=1S/C26H43F3O/c1-17(2)30-15-5-6-18-8-10-22-21-9-7-19-16-20(26(27,28)29)11-13-25(19,4)23(21)12-14-24(18,22)3/h17-23H,5-16H2,1-4H3. The van der Waals surface area contributed by atoms with E-state index in [4.69, 9.17) is 4.74 Å². The van der Waals surface area contributed by atoms with E-state index in [0.717, 1.165) is 43.6 Å². The fourth-order valence-electron chi connectivity index (χ4n) is 8.79. The summed E-state index contributed by atoms with van der Waals surface area (Å²) in [7, 11) is 0. The van der Waals surface area contributed by atoms with Gasteiger partial charge in [-0.25, -0.2) is 0 Å². The van der Waals surface area contributed by atoms with E-state index in [-0.39, 0.29) is 11.3 Å². The molecule has 4 aliphatic carbocycles. The van der Waals surface area contributed by atoms with Gasteiger partial charge in [-0.1, -0.05) is 13.8 Å². The summed E-state index contributed by atoms with van der Waals surface area (Å²) < 4.78 is 46.0. The van der Waals surface area contributed by atoms with Crippen LogP contribution in [-0.4, -0.2) is 18.9 Å². The molecular weight excluding hydrogens is 385 g/mol. The Morgan fingerprint density at radius 3 is 2.30 bits per heavy atom. The van der Waals surface area contributed by atoms with E-state index in [2.05, 4.69) is 27.7 Å². The molecule has 0 amide bonds. The van der Waals surface area contributed by atoms with Crippen molar-refractivity contribution in [1.29, 1.82) is 0 Å². The van der Waals surface area contributed by atoms with Crippen LogP contribution in [0.4, 0.5) is 13.2 Å². The van der Waals surface area contributed by atoms with Gasteiger partial charge in [0.2, 0.25) is 0 Å². The van der Waals surface area contributed by atoms with E-state index >= 15 is 0 Å². The summed E-state index contributed by atoms with van der Waals surface area (Å²) >= 11 is 0. The van der Waals surface area contributed by atoms with Crippen LogP contribution in [0.5, 0.6) is 0 Å². The van der Waals surface area contributed by atoms with Gasteiger partial charge in [-0.05, 0) is 125 Å². The third-order valence-electron chi connectivity index (χ3n) is 10.5. The quantitative estimate of drug-likeness (QED) is 0.403. The van der Waals surface area contributed by atoms with Crippen LogP contribution in [0.1, 0.15) is 98.3 Å². The zero-order chi connectivity index (χ0) is 21.7. The minimum Gasteiger partial charge on any atom is -0.379 e. The van der Waals surface area contributed by atoms with Gasteiger partial charge in [-0.2, -0.15) is 13.2 Å². The van der Waals surface area contributed by atoms with Crippen molar-refractivity contribution in [2.45, 2.75) is 111 Å². The van der Waals surface area contributed by atoms with E-state index in [1.54, 1.807) is 0 Å². The molecule has 0 spiro atoms. The van der Waals surface area contributed by atoms with Crippen molar-refractivity contribution in [3.63, 3.8) is 0 Å². The van der Waals surface area contributed by atoms with Gasteiger partial charge in [0.05, 0.1) is 12.0 Å². The first-order chi connectivity index (χ1) is 14.1. The Morgan fingerprint density at radius 2 is 1.60 bits per heavy atom. The van der Waals surface area contributed by atoms with Gasteiger partial charge in [0, 0.05) is 6.61 Å². The molecule has 0 bridgehead atoms. The van der Waals surface area contributed by atoms with Gasteiger partial charge in [0.1, 0.15) is 0 Å². The molecule has 1 nitrogen and oxygen atoms in total. The average Bonchev–Trinajstić information content (AvgIpc) is 3.00. The Hall–Kier alpha value is -0.250. The Kier molecular flexibility index (Phi) is 6.32. The summed E-state index contributed by atoms with van der Waals surface area (Å²) in [5.74, 6) is 2.26. The number of fused-ring (bicyclic) bond motifs is 5. The first-order valence-corrected chi connectivity index (χ1v) is 12.7. The molecule has 8 unspecified atom stereocenters. The first kappa shape index (κ1) is 22.9. The summed E-state index contributed by atoms with van der Waals surface area (Å²) in [6.07, 6.45) is 7.76. The summed E-state index contributed by atoms with van der Waals surface area (Å²) in [4.78, 5) is 0. The number of halogens is 3. The highest BCUT2D eigenvalue weighted by Gasteiger charge is 2.61. The van der Waals surface area contributed by atoms with Crippen molar-refractivity contribution in [2.24, 2.45) is 46.3 Å². The second-order valence-electron chi connectivity index (χ2n) is 12.1. The molecule has 0 N–H and O–H groups in total. The van der Waals surface area contributed by atoms with Gasteiger partial charge in [0.25, 0.3) is 0 Å². The van der Waals surface area contributed by atoms with Gasteiger partial charge < -0.3 is 4.74 Å². The number of ether oxygens (including phenoxy) is 1. The van der Waals surface area contributed by atoms with Crippen molar-refractivity contribution in [3.8, 4) is 0 Å². The number of alkyl halides is 3. The molecule has 8 atom stereocenters. The van der Waals surface area contributed by atoms with Gasteiger partial charge in [0.15, 0.2) is 0 Å². The molecule has 0 aromatic carbocycles. The molecule has 0 aromatic heterocycles. The number of hydrogen-bond acceptors (Lipinski definition) is 1. The van der Waals surface area contributed by atoms with E-state index in [1.807, 2.05) is 0 Å². The molecule has 4 rings (SSSR count). The minimum atomic E-state index is -4.00. The second kappa shape index (κ2) is 8.27. The SMILES string of the molecule is CC(C)OCCCC1CCC2C3CCC4CC(C(F)(F)F)CCC4(C)C3CCC12C. The maximum absolute atomic E-state index is 13.4. The average molecular weight is 429 g/mol. The van der Waals surface area contributed by atoms with Crippen molar-refractivity contribution in [1.82, 2.24) is 0 Å². The molecule has 4 heteroatoms. The lowest BCUT2D eigenvalue weighted by Crippen LogP contribution is -2.54. The predicted octanol–water partition coefficient (Wildman–Crippen LogP) is 8.03. The summed E-state index contributed by atoms with van der Waals surface area (Å²) in [5, 5.41) is 0. The van der Waals surface area contributed by atoms with Gasteiger partial charge in [-0.15, -0.1) is 0 Å². The van der Waals surface area contributed by atoms with Crippen LogP contribution in [-0.2, 0) is 4.74 Å². The third-order valence-corrected chi connectivity index (χ3v) is 10.5. The Balaban J connectivity index is 1.42. The highest BCUT2D eigenvalue weighted by molar-refractivity contribution is 5.09. The predicted molar refractivity (Wildman–Crippen MR) is 115 cm³/mol. The van der Waals surface area contributed by atoms with E-state index in [9.17, 15) is 13.2 Å². The maximum atomic E-state index is 13.4. The zero-order valence-electron chi connectivity index (χ0n) is 19.6. The summed E-state index contributed by atoms with van der Waals surface area (Å²) in [6, 6.07) is 0. The van der Waals surface area contributed by atoms with Crippen LogP contribution >= 0.6 is 0 Å². The highest BCUT2D eigenvalue weighted by Crippen LogP contribution is 2.68. The van der Waals surface area contributed by atoms with Crippen LogP contribution in [0.3, 0.4) is 0 Å². The second-order valence-corrected chi connectivity index (χ2v) is 12.1. The molecule has 4 fully saturated rings. The van der Waals surface area contributed by atoms with Gasteiger partial charge in [-0.3, -0.25) is 0 Å². The van der Waals surface area contributed by atoms with Crippen LogP contribution in [0.25, 0.3) is 0 Å². The Morgan fingerprint density at radius 1 is 0.900 bits per heavy atom. The molecular formula is C26H43F3O. The number of hydrogen-bond donors (Lipinski definition) is 0. The Bertz CT molecular complexity index is 602. The summed E-state index contributed by atoms with van der Waals surface area (Å²) in [5.41, 5.74) is 0.598. The first-order valence-electron chi connectivity index (χ1n) is 12.7. The van der Waals surface area contributed by atoms with E-state index in [0.29, 0.717) is 30.3 Å². The van der Waals surface area contributed by atoms with Crippen LogP contribution in [0, 0.1) is 46.3 Å². The van der Waals surface area contributed by atoms with Crippen molar-refractivity contribution in [3.05, 3.63) is 0 Å². The molecule has 4 aliphatic rings. The normalized spacial score (nSPS) is 46.4. The molecule has 0 heterocycles. The molecule has 0 aliphatic heterocycles. The lowest BCUT2D eigenvalue weighted by Gasteiger charge is -2.61. The van der Waals surface area contributed by atoms with E-state index < -0.39 is 12.1 Å². The monoisotopic (exact) mass is 428 g/mol. The van der Waals surface area contributed by atoms with Crippen molar-refractivity contribution < 1.29 is 17.9 Å². The molecule has 0 radical (unpaired) electrons. The topological polar surface area (TPSA) is 9.23 Å². The summed E-state index contributed by atoms with van der Waals surface area (Å²) in [6.45, 7) is 10.0. The van der Waals surface area contributed by atoms with Crippen molar-refractivity contribution >= 4 is 0 Å². The highest BCUT2D eigenvalue weighted by atomic mass is 19.4.